The van der Waals surface area contributed by atoms with Gasteiger partial charge in [-0.2, -0.15) is 13.2 Å². The smallest absolute Gasteiger partial charge is 0.369 e. The van der Waals surface area contributed by atoms with Gasteiger partial charge in [0.25, 0.3) is 0 Å². The maximum absolute atomic E-state index is 13.3. The maximum atomic E-state index is 13.3. The van der Waals surface area contributed by atoms with E-state index in [1.165, 1.54) is 30.0 Å². The van der Waals surface area contributed by atoms with Crippen LogP contribution in [0.4, 0.5) is 34.6 Å². The number of hydrogen-bond acceptors (Lipinski definition) is 4. The van der Waals surface area contributed by atoms with Crippen LogP contribution in [-0.4, -0.2) is 36.1 Å². The van der Waals surface area contributed by atoms with Crippen molar-refractivity contribution in [2.75, 3.05) is 36.4 Å². The first-order valence-electron chi connectivity index (χ1n) is 12.4. The van der Waals surface area contributed by atoms with Crippen molar-refractivity contribution < 1.29 is 17.6 Å². The fourth-order valence-electron chi connectivity index (χ4n) is 5.03. The van der Waals surface area contributed by atoms with E-state index in [9.17, 15) is 17.6 Å². The number of aromatic nitrogens is 1. The van der Waals surface area contributed by atoms with E-state index >= 15 is 0 Å². The van der Waals surface area contributed by atoms with Crippen LogP contribution < -0.4 is 10.2 Å². The molecule has 1 aliphatic heterocycles. The number of benzene rings is 3. The number of nitrogens with zero attached hydrogens (tertiary/aromatic N) is 3. The minimum Gasteiger partial charge on any atom is -0.369 e. The number of hydrogen-bond donors (Lipinski definition) is 1. The summed E-state index contributed by atoms with van der Waals surface area (Å²) in [4.78, 5) is 8.89. The molecule has 1 saturated heterocycles. The van der Waals surface area contributed by atoms with E-state index in [-0.39, 0.29) is 11.9 Å². The minimum absolute atomic E-state index is 0.223. The molecule has 1 N–H and O–H groups in total. The van der Waals surface area contributed by atoms with E-state index in [1.807, 2.05) is 24.3 Å². The highest BCUT2D eigenvalue weighted by Gasteiger charge is 2.30. The maximum Gasteiger partial charge on any atom is 0.416 e. The molecular weight excluding hydrogens is 480 g/mol. The lowest BCUT2D eigenvalue weighted by Crippen LogP contribution is -2.47. The Morgan fingerprint density at radius 3 is 2.24 bits per heavy atom. The highest BCUT2D eigenvalue weighted by Crippen LogP contribution is 2.34. The number of piperazine rings is 1. The zero-order valence-corrected chi connectivity index (χ0v) is 20.5. The summed E-state index contributed by atoms with van der Waals surface area (Å²) in [5.74, 6) is -0.223. The second-order valence-corrected chi connectivity index (χ2v) is 9.26. The number of pyridine rings is 1. The zero-order chi connectivity index (χ0) is 26.0. The lowest BCUT2D eigenvalue weighted by Gasteiger charge is -2.40. The van der Waals surface area contributed by atoms with E-state index in [0.717, 1.165) is 56.1 Å². The quantitative estimate of drug-likeness (QED) is 0.275. The van der Waals surface area contributed by atoms with Crippen molar-refractivity contribution in [2.24, 2.45) is 0 Å². The Hall–Kier alpha value is -3.65. The van der Waals surface area contributed by atoms with Crippen molar-refractivity contribution in [1.29, 1.82) is 0 Å². The molecule has 1 aliphatic rings. The molecule has 3 aromatic carbocycles. The monoisotopic (exact) mass is 508 g/mol. The summed E-state index contributed by atoms with van der Waals surface area (Å²) >= 11 is 0. The lowest BCUT2D eigenvalue weighted by atomic mass is 10.0. The van der Waals surface area contributed by atoms with Crippen LogP contribution >= 0.6 is 0 Å². The fraction of sp³-hybridized carbons (Fsp3) is 0.276. The Labute approximate surface area is 213 Å². The van der Waals surface area contributed by atoms with Crippen molar-refractivity contribution >= 4 is 28.0 Å². The van der Waals surface area contributed by atoms with Gasteiger partial charge in [0.15, 0.2) is 0 Å². The first kappa shape index (κ1) is 25.0. The molecule has 0 saturated carbocycles. The third-order valence-electron chi connectivity index (χ3n) is 6.98. The molecular formula is C29H28F4N4. The van der Waals surface area contributed by atoms with Crippen LogP contribution in [-0.2, 0) is 6.18 Å². The Kier molecular flexibility index (Phi) is 7.02. The molecule has 4 aromatic rings. The molecule has 1 unspecified atom stereocenters. The molecule has 4 nitrogen and oxygen atoms in total. The van der Waals surface area contributed by atoms with Crippen LogP contribution in [0.25, 0.3) is 10.9 Å². The van der Waals surface area contributed by atoms with Crippen molar-refractivity contribution in [3.8, 4) is 0 Å². The molecule has 1 fully saturated rings. The van der Waals surface area contributed by atoms with Gasteiger partial charge in [0.1, 0.15) is 5.82 Å². The van der Waals surface area contributed by atoms with Gasteiger partial charge in [-0.3, -0.25) is 9.88 Å². The van der Waals surface area contributed by atoms with Crippen LogP contribution in [0.5, 0.6) is 0 Å². The predicted octanol–water partition coefficient (Wildman–Crippen LogP) is 7.41. The number of halogens is 4. The normalized spacial score (nSPS) is 15.6. The van der Waals surface area contributed by atoms with Crippen LogP contribution in [0.2, 0.25) is 0 Å². The van der Waals surface area contributed by atoms with Gasteiger partial charge in [-0.25, -0.2) is 4.39 Å². The fourth-order valence-corrected chi connectivity index (χ4v) is 5.03. The van der Waals surface area contributed by atoms with Crippen LogP contribution in [0, 0.1) is 5.82 Å². The summed E-state index contributed by atoms with van der Waals surface area (Å²) in [5, 5.41) is 3.96. The third kappa shape index (κ3) is 5.54. The van der Waals surface area contributed by atoms with Crippen molar-refractivity contribution in [3.05, 3.63) is 95.9 Å². The van der Waals surface area contributed by atoms with E-state index in [2.05, 4.69) is 39.2 Å². The first-order valence-corrected chi connectivity index (χ1v) is 12.4. The van der Waals surface area contributed by atoms with Gasteiger partial charge >= 0.3 is 6.18 Å². The molecule has 8 heteroatoms. The molecule has 0 bridgehead atoms. The predicted molar refractivity (Wildman–Crippen MR) is 140 cm³/mol. The van der Waals surface area contributed by atoms with E-state index in [4.69, 9.17) is 0 Å². The number of nitrogens with one attached hydrogen (secondary N) is 1. The SMILES string of the molecule is CCC(c1ccc(Nc2ccnc3cc(C(F)(F)F)ccc23)cc1)N1CCN(c2ccc(F)cc2)CC1. The van der Waals surface area contributed by atoms with E-state index in [1.54, 1.807) is 6.07 Å². The number of alkyl halides is 3. The molecule has 0 aliphatic carbocycles. The summed E-state index contributed by atoms with van der Waals surface area (Å²) in [5.41, 5.74) is 3.41. The third-order valence-corrected chi connectivity index (χ3v) is 6.98. The van der Waals surface area contributed by atoms with E-state index < -0.39 is 11.7 Å². The Bertz CT molecular complexity index is 1350. The summed E-state index contributed by atoms with van der Waals surface area (Å²) in [6.45, 7) is 5.78. The highest BCUT2D eigenvalue weighted by atomic mass is 19.4. The summed E-state index contributed by atoms with van der Waals surface area (Å²) < 4.78 is 52.5. The van der Waals surface area contributed by atoms with Crippen LogP contribution in [0.1, 0.15) is 30.5 Å². The topological polar surface area (TPSA) is 31.4 Å². The number of rotatable bonds is 6. The van der Waals surface area contributed by atoms with Gasteiger partial charge in [-0.15, -0.1) is 0 Å². The van der Waals surface area contributed by atoms with Crippen molar-refractivity contribution in [3.63, 3.8) is 0 Å². The molecule has 37 heavy (non-hydrogen) atoms. The van der Waals surface area contributed by atoms with Gasteiger partial charge in [0.2, 0.25) is 0 Å². The minimum atomic E-state index is -4.40. The van der Waals surface area contributed by atoms with Crippen molar-refractivity contribution in [1.82, 2.24) is 9.88 Å². The molecule has 1 aromatic heterocycles. The van der Waals surface area contributed by atoms with Gasteiger partial charge in [0.05, 0.1) is 11.1 Å². The lowest BCUT2D eigenvalue weighted by molar-refractivity contribution is -0.137. The number of fused-ring (bicyclic) bond motifs is 1. The summed E-state index contributed by atoms with van der Waals surface area (Å²) in [7, 11) is 0. The van der Waals surface area contributed by atoms with Gasteiger partial charge < -0.3 is 10.2 Å². The van der Waals surface area contributed by atoms with Crippen LogP contribution in [0.15, 0.2) is 79.0 Å². The zero-order valence-electron chi connectivity index (χ0n) is 20.5. The first-order chi connectivity index (χ1) is 17.8. The second kappa shape index (κ2) is 10.4. The molecule has 0 amide bonds. The second-order valence-electron chi connectivity index (χ2n) is 9.26. The van der Waals surface area contributed by atoms with Gasteiger partial charge in [0, 0.05) is 60.9 Å². The molecule has 5 rings (SSSR count). The molecule has 1 atom stereocenters. The largest absolute Gasteiger partial charge is 0.416 e. The average molecular weight is 509 g/mol. The van der Waals surface area contributed by atoms with Gasteiger partial charge in [-0.05, 0) is 66.6 Å². The molecule has 192 valence electrons. The Morgan fingerprint density at radius 1 is 0.892 bits per heavy atom. The molecule has 2 heterocycles. The van der Waals surface area contributed by atoms with Gasteiger partial charge in [-0.1, -0.05) is 25.1 Å². The average Bonchev–Trinajstić information content (AvgIpc) is 2.90. The van der Waals surface area contributed by atoms with Crippen LogP contribution in [0.3, 0.4) is 0 Å². The summed E-state index contributed by atoms with van der Waals surface area (Å²) in [6.07, 6.45) is -1.92. The highest BCUT2D eigenvalue weighted by molar-refractivity contribution is 5.93. The standard InChI is InChI=1S/C29H28F4N4/c1-2-28(37-17-15-36(16-18-37)24-10-6-22(30)7-11-24)20-3-8-23(9-4-20)35-26-13-14-34-27-19-21(29(31,32)33)5-12-25(26)27/h3-14,19,28H,2,15-18H2,1H3,(H,34,35). The molecule has 0 radical (unpaired) electrons. The number of anilines is 3. The molecule has 0 spiro atoms. The Morgan fingerprint density at radius 2 is 1.59 bits per heavy atom. The Balaban J connectivity index is 1.26. The van der Waals surface area contributed by atoms with E-state index in [0.29, 0.717) is 16.6 Å². The summed E-state index contributed by atoms with van der Waals surface area (Å²) in [6, 6.07) is 20.5. The van der Waals surface area contributed by atoms with Crippen molar-refractivity contribution in [2.45, 2.75) is 25.6 Å².